The number of nitrogens with zero attached hydrogens (tertiary/aromatic N) is 1. The molecule has 1 aliphatic heterocycles. The molecular weight excluding hydrogens is 280 g/mol. The molecule has 22 heavy (non-hydrogen) atoms. The van der Waals surface area contributed by atoms with Crippen molar-refractivity contribution in [1.29, 1.82) is 0 Å². The molecule has 1 aromatic carbocycles. The Morgan fingerprint density at radius 3 is 3.14 bits per heavy atom. The van der Waals surface area contributed by atoms with Crippen molar-refractivity contribution < 1.29 is 14.3 Å². The highest BCUT2D eigenvalue weighted by atomic mass is 16.5. The first kappa shape index (κ1) is 14.7. The van der Waals surface area contributed by atoms with Gasteiger partial charge in [0.1, 0.15) is 0 Å². The average Bonchev–Trinajstić information content (AvgIpc) is 2.55. The van der Waals surface area contributed by atoms with Crippen LogP contribution in [0.15, 0.2) is 36.5 Å². The first-order valence-electron chi connectivity index (χ1n) is 7.21. The van der Waals surface area contributed by atoms with Crippen LogP contribution >= 0.6 is 0 Å². The minimum absolute atomic E-state index is 0.161. The summed E-state index contributed by atoms with van der Waals surface area (Å²) < 4.78 is 10.6. The Balaban J connectivity index is 1.80. The highest BCUT2D eigenvalue weighted by Crippen LogP contribution is 2.19. The van der Waals surface area contributed by atoms with E-state index < -0.39 is 0 Å². The maximum Gasteiger partial charge on any atom is 0.256 e. The number of hydrogen-bond acceptors (Lipinski definition) is 4. The Kier molecular flexibility index (Phi) is 4.46. The van der Waals surface area contributed by atoms with E-state index in [-0.39, 0.29) is 5.91 Å². The van der Waals surface area contributed by atoms with Crippen molar-refractivity contribution in [3.8, 4) is 0 Å². The lowest BCUT2D eigenvalue weighted by atomic mass is 10.1. The van der Waals surface area contributed by atoms with Crippen LogP contribution in [0.3, 0.4) is 0 Å². The maximum absolute atomic E-state index is 12.5. The summed E-state index contributed by atoms with van der Waals surface area (Å²) in [5.74, 6) is -0.161. The summed E-state index contributed by atoms with van der Waals surface area (Å²) in [5, 5.41) is 2.89. The molecule has 1 aromatic heterocycles. The third-order valence-corrected chi connectivity index (χ3v) is 3.62. The Bertz CT molecular complexity index is 685. The van der Waals surface area contributed by atoms with Gasteiger partial charge in [0.05, 0.1) is 31.7 Å². The zero-order valence-electron chi connectivity index (χ0n) is 12.5. The third kappa shape index (κ3) is 3.16. The van der Waals surface area contributed by atoms with Crippen LogP contribution in [0.25, 0.3) is 0 Å². The molecule has 1 aliphatic rings. The minimum atomic E-state index is -0.161. The van der Waals surface area contributed by atoms with Crippen molar-refractivity contribution >= 4 is 11.6 Å². The topological polar surface area (TPSA) is 60.5 Å². The van der Waals surface area contributed by atoms with Gasteiger partial charge < -0.3 is 14.8 Å². The summed E-state index contributed by atoms with van der Waals surface area (Å²) in [5.41, 5.74) is 4.23. The molecule has 0 saturated heterocycles. The lowest BCUT2D eigenvalue weighted by Gasteiger charge is -2.16. The summed E-state index contributed by atoms with van der Waals surface area (Å²) in [6, 6.07) is 9.34. The van der Waals surface area contributed by atoms with Crippen LogP contribution in [-0.4, -0.2) is 24.6 Å². The number of benzene rings is 1. The van der Waals surface area contributed by atoms with Crippen LogP contribution in [0, 0.1) is 0 Å². The number of anilines is 1. The van der Waals surface area contributed by atoms with Gasteiger partial charge in [0, 0.05) is 30.4 Å². The van der Waals surface area contributed by atoms with E-state index in [4.69, 9.17) is 9.47 Å². The number of rotatable bonds is 4. The van der Waals surface area contributed by atoms with Crippen molar-refractivity contribution in [1.82, 2.24) is 4.98 Å². The predicted molar refractivity (Wildman–Crippen MR) is 82.7 cm³/mol. The minimum Gasteiger partial charge on any atom is -0.380 e. The lowest BCUT2D eigenvalue weighted by molar-refractivity contribution is 0.102. The van der Waals surface area contributed by atoms with Gasteiger partial charge in [0.2, 0.25) is 0 Å². The van der Waals surface area contributed by atoms with E-state index in [1.165, 1.54) is 0 Å². The monoisotopic (exact) mass is 298 g/mol. The molecule has 0 atom stereocenters. The van der Waals surface area contributed by atoms with Gasteiger partial charge in [-0.3, -0.25) is 9.78 Å². The van der Waals surface area contributed by atoms with E-state index in [1.54, 1.807) is 19.4 Å². The van der Waals surface area contributed by atoms with Gasteiger partial charge in [-0.15, -0.1) is 0 Å². The summed E-state index contributed by atoms with van der Waals surface area (Å²) in [7, 11) is 1.61. The summed E-state index contributed by atoms with van der Waals surface area (Å²) >= 11 is 0. The summed E-state index contributed by atoms with van der Waals surface area (Å²) in [6.45, 7) is 1.66. The van der Waals surface area contributed by atoms with Crippen LogP contribution in [0.2, 0.25) is 0 Å². The van der Waals surface area contributed by atoms with Gasteiger partial charge in [0.25, 0.3) is 5.91 Å². The fourth-order valence-corrected chi connectivity index (χ4v) is 2.53. The zero-order valence-corrected chi connectivity index (χ0v) is 12.5. The molecular formula is C17H18N2O3. The molecule has 0 unspecified atom stereocenters. The second kappa shape index (κ2) is 6.68. The van der Waals surface area contributed by atoms with Gasteiger partial charge in [0.15, 0.2) is 0 Å². The highest BCUT2D eigenvalue weighted by molar-refractivity contribution is 6.05. The Morgan fingerprint density at radius 2 is 2.27 bits per heavy atom. The number of carbonyl (C=O) groups is 1. The Hall–Kier alpha value is -2.24. The van der Waals surface area contributed by atoms with Crippen LogP contribution in [0.4, 0.5) is 5.69 Å². The van der Waals surface area contributed by atoms with Crippen molar-refractivity contribution in [2.24, 2.45) is 0 Å². The van der Waals surface area contributed by atoms with Crippen LogP contribution in [0.1, 0.15) is 27.2 Å². The molecule has 0 bridgehead atoms. The van der Waals surface area contributed by atoms with E-state index in [1.807, 2.05) is 24.3 Å². The first-order valence-corrected chi connectivity index (χ1v) is 7.21. The third-order valence-electron chi connectivity index (χ3n) is 3.62. The zero-order chi connectivity index (χ0) is 15.4. The molecule has 2 heterocycles. The van der Waals surface area contributed by atoms with Crippen LogP contribution in [0.5, 0.6) is 0 Å². The Labute approximate surface area is 129 Å². The van der Waals surface area contributed by atoms with E-state index in [2.05, 4.69) is 10.3 Å². The maximum atomic E-state index is 12.5. The van der Waals surface area contributed by atoms with E-state index in [0.29, 0.717) is 31.1 Å². The molecule has 3 rings (SSSR count). The quantitative estimate of drug-likeness (QED) is 0.942. The van der Waals surface area contributed by atoms with Crippen LogP contribution < -0.4 is 5.32 Å². The summed E-state index contributed by atoms with van der Waals surface area (Å²) in [6.07, 6.45) is 2.52. The number of ether oxygens (including phenoxy) is 2. The van der Waals surface area contributed by atoms with Crippen molar-refractivity contribution in [2.75, 3.05) is 19.0 Å². The molecule has 0 radical (unpaired) electrons. The second-order valence-electron chi connectivity index (χ2n) is 5.18. The van der Waals surface area contributed by atoms with Crippen LogP contribution in [-0.2, 0) is 29.1 Å². The molecule has 0 aliphatic carbocycles. The van der Waals surface area contributed by atoms with Gasteiger partial charge in [-0.1, -0.05) is 18.2 Å². The largest absolute Gasteiger partial charge is 0.380 e. The van der Waals surface area contributed by atoms with Crippen molar-refractivity contribution in [3.05, 3.63) is 58.9 Å². The molecule has 1 N–H and O–H groups in total. The van der Waals surface area contributed by atoms with E-state index >= 15 is 0 Å². The number of methoxy groups -OCH3 is 1. The molecule has 5 nitrogen and oxygen atoms in total. The SMILES string of the molecule is COCc1ccccc1C(=O)Nc1cnc2c(c1)COCC2. The number of fused-ring (bicyclic) bond motifs is 1. The predicted octanol–water partition coefficient (Wildman–Crippen LogP) is 2.55. The van der Waals surface area contributed by atoms with E-state index in [0.717, 1.165) is 23.2 Å². The number of hydrogen-bond donors (Lipinski definition) is 1. The normalized spacial score (nSPS) is 13.5. The van der Waals surface area contributed by atoms with Gasteiger partial charge >= 0.3 is 0 Å². The number of carbonyl (C=O) groups excluding carboxylic acids is 1. The van der Waals surface area contributed by atoms with Gasteiger partial charge in [-0.25, -0.2) is 0 Å². The van der Waals surface area contributed by atoms with Gasteiger partial charge in [-0.2, -0.15) is 0 Å². The fourth-order valence-electron chi connectivity index (χ4n) is 2.53. The molecule has 114 valence electrons. The second-order valence-corrected chi connectivity index (χ2v) is 5.18. The summed E-state index contributed by atoms with van der Waals surface area (Å²) in [4.78, 5) is 16.9. The lowest BCUT2D eigenvalue weighted by Crippen LogP contribution is -2.17. The molecule has 0 spiro atoms. The first-order chi connectivity index (χ1) is 10.8. The number of nitrogens with one attached hydrogen (secondary N) is 1. The number of pyridine rings is 1. The highest BCUT2D eigenvalue weighted by Gasteiger charge is 2.14. The average molecular weight is 298 g/mol. The number of aromatic nitrogens is 1. The van der Waals surface area contributed by atoms with Crippen molar-refractivity contribution in [2.45, 2.75) is 19.6 Å². The molecule has 0 saturated carbocycles. The molecule has 5 heteroatoms. The number of amides is 1. The standard InChI is InChI=1S/C17H18N2O3/c1-21-10-12-4-2-3-5-15(12)17(20)19-14-8-13-11-22-7-6-16(13)18-9-14/h2-5,8-9H,6-7,10-11H2,1H3,(H,19,20). The molecule has 1 amide bonds. The smallest absolute Gasteiger partial charge is 0.256 e. The fraction of sp³-hybridized carbons (Fsp3) is 0.294. The Morgan fingerprint density at radius 1 is 1.41 bits per heavy atom. The van der Waals surface area contributed by atoms with Gasteiger partial charge in [-0.05, 0) is 17.7 Å². The molecule has 0 fully saturated rings. The van der Waals surface area contributed by atoms with Crippen molar-refractivity contribution in [3.63, 3.8) is 0 Å². The van der Waals surface area contributed by atoms with E-state index in [9.17, 15) is 4.79 Å². The molecule has 2 aromatic rings.